The predicted octanol–water partition coefficient (Wildman–Crippen LogP) is 2.90. The van der Waals surface area contributed by atoms with E-state index in [4.69, 9.17) is 11.6 Å². The molecule has 3 fully saturated rings. The summed E-state index contributed by atoms with van der Waals surface area (Å²) in [6.45, 7) is 1.50. The Morgan fingerprint density at radius 1 is 1.12 bits per heavy atom. The number of sulfonamides is 1. The number of piperidine rings is 1. The predicted molar refractivity (Wildman–Crippen MR) is 124 cm³/mol. The van der Waals surface area contributed by atoms with Gasteiger partial charge in [-0.25, -0.2) is 12.7 Å². The SMILES string of the molecule is CS(=O)(=O)N1CCC(CNC(=O)C2CC3CCCCC3N2C(=O)c2cccc(Cl)c2)CC1. The Kier molecular flexibility index (Phi) is 7.12. The molecule has 176 valence electrons. The number of nitrogens with one attached hydrogen (secondary N) is 1. The fourth-order valence-electron chi connectivity index (χ4n) is 5.56. The Bertz CT molecular complexity index is 962. The molecule has 2 amide bonds. The standard InChI is InChI=1S/C23H32ClN3O4S/c1-32(30,31)26-11-9-16(10-12-26)15-25-22(28)21-14-17-5-2-3-8-20(17)27(21)23(29)18-6-4-7-19(24)13-18/h4,6-7,13,16-17,20-21H,2-3,5,8-12,14-15H2,1H3,(H,25,28). The first-order valence-electron chi connectivity index (χ1n) is 11.5. The van der Waals surface area contributed by atoms with E-state index in [0.717, 1.165) is 38.5 Å². The summed E-state index contributed by atoms with van der Waals surface area (Å²) in [4.78, 5) is 28.5. The van der Waals surface area contributed by atoms with E-state index < -0.39 is 16.1 Å². The van der Waals surface area contributed by atoms with Gasteiger partial charge in [-0.05, 0) is 62.1 Å². The van der Waals surface area contributed by atoms with Gasteiger partial charge < -0.3 is 10.2 Å². The molecule has 0 spiro atoms. The topological polar surface area (TPSA) is 86.8 Å². The van der Waals surface area contributed by atoms with Gasteiger partial charge in [-0.1, -0.05) is 30.5 Å². The van der Waals surface area contributed by atoms with E-state index in [2.05, 4.69) is 5.32 Å². The van der Waals surface area contributed by atoms with Crippen LogP contribution in [0, 0.1) is 11.8 Å². The molecule has 0 aromatic heterocycles. The molecule has 2 saturated heterocycles. The van der Waals surface area contributed by atoms with Gasteiger partial charge in [0.25, 0.3) is 5.91 Å². The van der Waals surface area contributed by atoms with Crippen molar-refractivity contribution in [1.29, 1.82) is 0 Å². The van der Waals surface area contributed by atoms with Crippen LogP contribution in [-0.4, -0.2) is 67.4 Å². The molecule has 32 heavy (non-hydrogen) atoms. The summed E-state index contributed by atoms with van der Waals surface area (Å²) in [6, 6.07) is 6.57. The molecule has 1 aromatic carbocycles. The average molecular weight is 482 g/mol. The van der Waals surface area contributed by atoms with Crippen LogP contribution in [-0.2, 0) is 14.8 Å². The van der Waals surface area contributed by atoms with Gasteiger partial charge >= 0.3 is 0 Å². The van der Waals surface area contributed by atoms with Gasteiger partial charge in [0, 0.05) is 36.3 Å². The van der Waals surface area contributed by atoms with Gasteiger partial charge in [0.15, 0.2) is 0 Å². The number of nitrogens with zero attached hydrogens (tertiary/aromatic N) is 2. The van der Waals surface area contributed by atoms with Crippen LogP contribution < -0.4 is 5.32 Å². The summed E-state index contributed by atoms with van der Waals surface area (Å²) in [5, 5.41) is 3.59. The van der Waals surface area contributed by atoms with E-state index in [-0.39, 0.29) is 23.8 Å². The summed E-state index contributed by atoms with van der Waals surface area (Å²) < 4.78 is 24.9. The van der Waals surface area contributed by atoms with Gasteiger partial charge in [-0.2, -0.15) is 0 Å². The highest BCUT2D eigenvalue weighted by Crippen LogP contribution is 2.40. The third kappa shape index (κ3) is 5.13. The van der Waals surface area contributed by atoms with Crippen LogP contribution in [0.5, 0.6) is 0 Å². The van der Waals surface area contributed by atoms with Crippen molar-refractivity contribution in [2.24, 2.45) is 11.8 Å². The van der Waals surface area contributed by atoms with Crippen molar-refractivity contribution in [3.63, 3.8) is 0 Å². The zero-order valence-electron chi connectivity index (χ0n) is 18.5. The average Bonchev–Trinajstić information content (AvgIpc) is 3.16. The molecule has 1 saturated carbocycles. The largest absolute Gasteiger partial charge is 0.354 e. The lowest BCUT2D eigenvalue weighted by atomic mass is 9.84. The van der Waals surface area contributed by atoms with Gasteiger partial charge in [0.2, 0.25) is 15.9 Å². The molecule has 3 atom stereocenters. The number of halogens is 1. The molecule has 0 radical (unpaired) electrons. The number of benzene rings is 1. The van der Waals surface area contributed by atoms with Crippen molar-refractivity contribution in [1.82, 2.24) is 14.5 Å². The van der Waals surface area contributed by atoms with Gasteiger partial charge in [0.1, 0.15) is 6.04 Å². The summed E-state index contributed by atoms with van der Waals surface area (Å²) in [7, 11) is -3.16. The number of fused-ring (bicyclic) bond motifs is 1. The maximum Gasteiger partial charge on any atom is 0.254 e. The second-order valence-corrected chi connectivity index (χ2v) is 11.9. The van der Waals surface area contributed by atoms with Crippen LogP contribution in [0.1, 0.15) is 55.3 Å². The minimum Gasteiger partial charge on any atom is -0.354 e. The number of hydrogen-bond acceptors (Lipinski definition) is 4. The minimum absolute atomic E-state index is 0.0969. The normalized spacial score (nSPS) is 27.2. The molecular weight excluding hydrogens is 450 g/mol. The van der Waals surface area contributed by atoms with Crippen LogP contribution in [0.15, 0.2) is 24.3 Å². The van der Waals surface area contributed by atoms with Gasteiger partial charge in [0.05, 0.1) is 6.26 Å². The van der Waals surface area contributed by atoms with Crippen molar-refractivity contribution in [3.8, 4) is 0 Å². The number of carbonyl (C=O) groups is 2. The fourth-order valence-corrected chi connectivity index (χ4v) is 6.63. The van der Waals surface area contributed by atoms with Gasteiger partial charge in [-0.15, -0.1) is 0 Å². The van der Waals surface area contributed by atoms with E-state index in [1.54, 1.807) is 24.3 Å². The Morgan fingerprint density at radius 3 is 2.53 bits per heavy atom. The highest BCUT2D eigenvalue weighted by Gasteiger charge is 2.47. The molecular formula is C23H32ClN3O4S. The highest BCUT2D eigenvalue weighted by molar-refractivity contribution is 7.88. The van der Waals surface area contributed by atoms with Crippen LogP contribution >= 0.6 is 11.6 Å². The Hall–Kier alpha value is -1.64. The first-order chi connectivity index (χ1) is 15.2. The van der Waals surface area contributed by atoms with E-state index in [1.807, 2.05) is 4.90 Å². The van der Waals surface area contributed by atoms with Crippen molar-refractivity contribution >= 4 is 33.4 Å². The lowest BCUT2D eigenvalue weighted by Crippen LogP contribution is -2.50. The van der Waals surface area contributed by atoms with Crippen molar-refractivity contribution in [2.75, 3.05) is 25.9 Å². The quantitative estimate of drug-likeness (QED) is 0.700. The summed E-state index contributed by atoms with van der Waals surface area (Å²) in [6.07, 6.45) is 7.61. The van der Waals surface area contributed by atoms with Crippen LogP contribution in [0.25, 0.3) is 0 Å². The monoisotopic (exact) mass is 481 g/mol. The molecule has 9 heteroatoms. The zero-order chi connectivity index (χ0) is 22.9. The lowest BCUT2D eigenvalue weighted by molar-refractivity contribution is -0.125. The zero-order valence-corrected chi connectivity index (χ0v) is 20.1. The molecule has 2 aliphatic heterocycles. The molecule has 3 aliphatic rings. The number of carbonyl (C=O) groups excluding carboxylic acids is 2. The second-order valence-electron chi connectivity index (χ2n) is 9.44. The fraction of sp³-hybridized carbons (Fsp3) is 0.652. The first kappa shape index (κ1) is 23.5. The number of rotatable bonds is 5. The first-order valence-corrected chi connectivity index (χ1v) is 13.8. The Labute approximate surface area is 195 Å². The molecule has 1 aromatic rings. The Morgan fingerprint density at radius 2 is 1.84 bits per heavy atom. The smallest absolute Gasteiger partial charge is 0.254 e. The van der Waals surface area contributed by atoms with Crippen LogP contribution in [0.2, 0.25) is 5.02 Å². The minimum atomic E-state index is -3.16. The summed E-state index contributed by atoms with van der Waals surface area (Å²) in [5.74, 6) is 0.391. The van der Waals surface area contributed by atoms with E-state index in [1.165, 1.54) is 10.6 Å². The number of amides is 2. The van der Waals surface area contributed by atoms with E-state index in [9.17, 15) is 18.0 Å². The summed E-state index contributed by atoms with van der Waals surface area (Å²) in [5.41, 5.74) is 0.523. The number of hydrogen-bond donors (Lipinski definition) is 1. The van der Waals surface area contributed by atoms with Crippen molar-refractivity contribution in [2.45, 2.75) is 57.0 Å². The second kappa shape index (κ2) is 9.69. The van der Waals surface area contributed by atoms with Crippen LogP contribution in [0.3, 0.4) is 0 Å². The molecule has 2 heterocycles. The molecule has 4 rings (SSSR count). The maximum absolute atomic E-state index is 13.4. The van der Waals surface area contributed by atoms with Crippen molar-refractivity contribution in [3.05, 3.63) is 34.9 Å². The molecule has 0 bridgehead atoms. The Balaban J connectivity index is 1.42. The number of likely N-dealkylation sites (tertiary alicyclic amines) is 1. The van der Waals surface area contributed by atoms with E-state index in [0.29, 0.717) is 42.6 Å². The molecule has 7 nitrogen and oxygen atoms in total. The highest BCUT2D eigenvalue weighted by atomic mass is 35.5. The maximum atomic E-state index is 13.4. The van der Waals surface area contributed by atoms with E-state index >= 15 is 0 Å². The molecule has 3 unspecified atom stereocenters. The molecule has 1 aliphatic carbocycles. The van der Waals surface area contributed by atoms with Crippen LogP contribution in [0.4, 0.5) is 0 Å². The molecule has 1 N–H and O–H groups in total. The van der Waals surface area contributed by atoms with Crippen molar-refractivity contribution < 1.29 is 18.0 Å². The lowest BCUT2D eigenvalue weighted by Gasteiger charge is -2.34. The third-order valence-electron chi connectivity index (χ3n) is 7.30. The van der Waals surface area contributed by atoms with Gasteiger partial charge in [-0.3, -0.25) is 9.59 Å². The summed E-state index contributed by atoms with van der Waals surface area (Å²) >= 11 is 6.11. The third-order valence-corrected chi connectivity index (χ3v) is 8.84.